The zero-order valence-corrected chi connectivity index (χ0v) is 9.74. The summed E-state index contributed by atoms with van der Waals surface area (Å²) >= 11 is 0. The summed E-state index contributed by atoms with van der Waals surface area (Å²) in [6, 6.07) is -2.70. The molecule has 1 aliphatic rings. The minimum Gasteiger partial charge on any atom is -0.480 e. The summed E-state index contributed by atoms with van der Waals surface area (Å²) in [5.41, 5.74) is 0. The van der Waals surface area contributed by atoms with Gasteiger partial charge in [0, 0.05) is 6.04 Å². The minimum atomic E-state index is -3.10. The predicted octanol–water partition coefficient (Wildman–Crippen LogP) is -2.08. The van der Waals surface area contributed by atoms with Gasteiger partial charge in [-0.25, -0.2) is 18.0 Å². The number of carboxylic acids is 1. The van der Waals surface area contributed by atoms with Gasteiger partial charge in [0.1, 0.15) is 0 Å². The molecule has 1 rings (SSSR count). The maximum atomic E-state index is 11.3. The molecule has 1 saturated heterocycles. The predicted molar refractivity (Wildman–Crippen MR) is 57.2 cm³/mol. The van der Waals surface area contributed by atoms with Crippen molar-refractivity contribution in [3.8, 4) is 0 Å². The first-order valence-electron chi connectivity index (χ1n) is 4.95. The Balaban J connectivity index is 2.43. The van der Waals surface area contributed by atoms with Crippen molar-refractivity contribution in [1.82, 2.24) is 10.6 Å². The van der Waals surface area contributed by atoms with Gasteiger partial charge in [-0.05, 0) is 6.42 Å². The van der Waals surface area contributed by atoms with Crippen molar-refractivity contribution < 1.29 is 28.2 Å². The average molecular weight is 266 g/mol. The molecule has 9 heteroatoms. The first-order chi connectivity index (χ1) is 7.84. The molecule has 0 bridgehead atoms. The van der Waals surface area contributed by atoms with Crippen molar-refractivity contribution in [3.05, 3.63) is 0 Å². The number of urea groups is 1. The number of hydrogen-bond donors (Lipinski definition) is 4. The third kappa shape index (κ3) is 4.19. The molecule has 0 saturated carbocycles. The van der Waals surface area contributed by atoms with E-state index in [1.165, 1.54) is 0 Å². The molecule has 0 spiro atoms. The molecule has 2 atom stereocenters. The molecular weight excluding hydrogens is 252 g/mol. The number of carbonyl (C=O) groups is 2. The Bertz CT molecular complexity index is 406. The molecule has 0 aliphatic carbocycles. The number of carbonyl (C=O) groups excluding carboxylic acids is 1. The molecular formula is C8H14N2O6S. The Labute approximate surface area is 97.9 Å². The number of aliphatic hydroxyl groups is 1. The molecule has 1 fully saturated rings. The normalized spacial score (nSPS) is 23.9. The highest BCUT2D eigenvalue weighted by atomic mass is 32.2. The van der Waals surface area contributed by atoms with E-state index in [1.807, 2.05) is 5.32 Å². The van der Waals surface area contributed by atoms with Crippen LogP contribution in [-0.4, -0.2) is 60.8 Å². The van der Waals surface area contributed by atoms with E-state index in [1.54, 1.807) is 0 Å². The van der Waals surface area contributed by atoms with E-state index in [2.05, 4.69) is 5.32 Å². The summed E-state index contributed by atoms with van der Waals surface area (Å²) in [5, 5.41) is 21.6. The number of nitrogens with one attached hydrogen (secondary N) is 2. The van der Waals surface area contributed by atoms with Crippen LogP contribution in [0.25, 0.3) is 0 Å². The first-order valence-corrected chi connectivity index (χ1v) is 6.77. The summed E-state index contributed by atoms with van der Waals surface area (Å²) in [6.07, 6.45) is 0.312. The van der Waals surface area contributed by atoms with Crippen LogP contribution in [0.4, 0.5) is 4.79 Å². The van der Waals surface area contributed by atoms with E-state index < -0.39 is 40.5 Å². The highest BCUT2D eigenvalue weighted by Crippen LogP contribution is 2.10. The van der Waals surface area contributed by atoms with E-state index >= 15 is 0 Å². The maximum absolute atomic E-state index is 11.3. The number of amides is 2. The van der Waals surface area contributed by atoms with Gasteiger partial charge in [-0.15, -0.1) is 0 Å². The lowest BCUT2D eigenvalue weighted by Gasteiger charge is -2.15. The number of sulfone groups is 1. The van der Waals surface area contributed by atoms with Crippen molar-refractivity contribution >= 4 is 21.8 Å². The molecule has 17 heavy (non-hydrogen) atoms. The van der Waals surface area contributed by atoms with Gasteiger partial charge in [0.05, 0.1) is 18.1 Å². The molecule has 1 aliphatic heterocycles. The van der Waals surface area contributed by atoms with Crippen molar-refractivity contribution in [2.75, 3.05) is 18.1 Å². The maximum Gasteiger partial charge on any atom is 0.328 e. The third-order valence-electron chi connectivity index (χ3n) is 2.35. The van der Waals surface area contributed by atoms with E-state index in [4.69, 9.17) is 10.2 Å². The number of aliphatic carboxylic acids is 1. The fourth-order valence-electron chi connectivity index (χ4n) is 1.48. The van der Waals surface area contributed by atoms with Crippen molar-refractivity contribution in [2.24, 2.45) is 0 Å². The number of aliphatic hydroxyl groups excluding tert-OH is 1. The van der Waals surface area contributed by atoms with Crippen molar-refractivity contribution in [1.29, 1.82) is 0 Å². The van der Waals surface area contributed by atoms with Crippen molar-refractivity contribution in [2.45, 2.75) is 18.5 Å². The smallest absolute Gasteiger partial charge is 0.328 e. The quantitative estimate of drug-likeness (QED) is 0.461. The summed E-state index contributed by atoms with van der Waals surface area (Å²) < 4.78 is 22.2. The topological polar surface area (TPSA) is 133 Å². The summed E-state index contributed by atoms with van der Waals surface area (Å²) in [7, 11) is -3.10. The third-order valence-corrected chi connectivity index (χ3v) is 4.12. The minimum absolute atomic E-state index is 0.0142. The monoisotopic (exact) mass is 266 g/mol. The molecule has 1 heterocycles. The van der Waals surface area contributed by atoms with Crippen molar-refractivity contribution in [3.63, 3.8) is 0 Å². The lowest BCUT2D eigenvalue weighted by atomic mass is 10.3. The fourth-order valence-corrected chi connectivity index (χ4v) is 3.15. The average Bonchev–Trinajstić information content (AvgIpc) is 2.54. The molecule has 8 nitrogen and oxygen atoms in total. The van der Waals surface area contributed by atoms with Crippen LogP contribution >= 0.6 is 0 Å². The second-order valence-electron chi connectivity index (χ2n) is 3.79. The van der Waals surface area contributed by atoms with Gasteiger partial charge in [0.2, 0.25) is 0 Å². The van der Waals surface area contributed by atoms with Crippen LogP contribution in [0, 0.1) is 0 Å². The standard InChI is InChI=1S/C8H14N2O6S/c11-3-6(7(12)13)10-8(14)9-5-1-2-17(15,16)4-5/h5-6,11H,1-4H2,(H,12,13)(H2,9,10,14)/t5?,6-/m1/s1. The van der Waals surface area contributed by atoms with Crippen LogP contribution in [0.2, 0.25) is 0 Å². The number of rotatable bonds is 4. The molecule has 0 radical (unpaired) electrons. The zero-order valence-electron chi connectivity index (χ0n) is 8.92. The Hall–Kier alpha value is -1.35. The van der Waals surface area contributed by atoms with Crippen LogP contribution in [0.15, 0.2) is 0 Å². The van der Waals surface area contributed by atoms with Crippen LogP contribution in [0.3, 0.4) is 0 Å². The van der Waals surface area contributed by atoms with E-state index in [0.717, 1.165) is 0 Å². The molecule has 98 valence electrons. The van der Waals surface area contributed by atoms with E-state index in [0.29, 0.717) is 6.42 Å². The van der Waals surface area contributed by atoms with Gasteiger partial charge in [-0.2, -0.15) is 0 Å². The molecule has 4 N–H and O–H groups in total. The van der Waals surface area contributed by atoms with Gasteiger partial charge in [-0.1, -0.05) is 0 Å². The Morgan fingerprint density at radius 2 is 2.06 bits per heavy atom. The van der Waals surface area contributed by atoms with Crippen LogP contribution in [0.5, 0.6) is 0 Å². The summed E-state index contributed by atoms with van der Waals surface area (Å²) in [6.45, 7) is -0.730. The van der Waals surface area contributed by atoms with Gasteiger partial charge in [-0.3, -0.25) is 0 Å². The largest absolute Gasteiger partial charge is 0.480 e. The SMILES string of the molecule is O=C(NC1CCS(=O)(=O)C1)N[C@H](CO)C(=O)O. The molecule has 0 aromatic rings. The van der Waals surface area contributed by atoms with E-state index in [-0.39, 0.29) is 11.5 Å². The van der Waals surface area contributed by atoms with Gasteiger partial charge in [0.15, 0.2) is 15.9 Å². The summed E-state index contributed by atoms with van der Waals surface area (Å²) in [5.74, 6) is -1.49. The fraction of sp³-hybridized carbons (Fsp3) is 0.750. The highest BCUT2D eigenvalue weighted by molar-refractivity contribution is 7.91. The molecule has 0 aromatic heterocycles. The second kappa shape index (κ2) is 5.32. The summed E-state index contributed by atoms with van der Waals surface area (Å²) in [4.78, 5) is 21.8. The number of carboxylic acid groups (broad SMARTS) is 1. The second-order valence-corrected chi connectivity index (χ2v) is 6.02. The van der Waals surface area contributed by atoms with Crippen LogP contribution < -0.4 is 10.6 Å². The lowest BCUT2D eigenvalue weighted by molar-refractivity contribution is -0.140. The molecule has 0 aromatic carbocycles. The Morgan fingerprint density at radius 3 is 2.47 bits per heavy atom. The zero-order chi connectivity index (χ0) is 13.1. The first kappa shape index (κ1) is 13.7. The van der Waals surface area contributed by atoms with Gasteiger partial charge < -0.3 is 20.8 Å². The number of hydrogen-bond acceptors (Lipinski definition) is 5. The molecule has 1 unspecified atom stereocenters. The van der Waals surface area contributed by atoms with Crippen LogP contribution in [0.1, 0.15) is 6.42 Å². The van der Waals surface area contributed by atoms with Gasteiger partial charge in [0.25, 0.3) is 0 Å². The Morgan fingerprint density at radius 1 is 1.41 bits per heavy atom. The lowest BCUT2D eigenvalue weighted by Crippen LogP contribution is -2.50. The highest BCUT2D eigenvalue weighted by Gasteiger charge is 2.29. The van der Waals surface area contributed by atoms with Crippen LogP contribution in [-0.2, 0) is 14.6 Å². The van der Waals surface area contributed by atoms with E-state index in [9.17, 15) is 18.0 Å². The molecule has 2 amide bonds. The Kier molecular flexibility index (Phi) is 4.29. The van der Waals surface area contributed by atoms with Gasteiger partial charge >= 0.3 is 12.0 Å².